The van der Waals surface area contributed by atoms with E-state index in [0.717, 1.165) is 6.07 Å². The third kappa shape index (κ3) is 4.71. The Hall–Kier alpha value is -3.27. The first-order valence-electron chi connectivity index (χ1n) is 8.23. The first-order chi connectivity index (χ1) is 13.3. The normalized spacial score (nSPS) is 15.5. The molecule has 10 heteroatoms. The maximum atomic E-state index is 13.0. The van der Waals surface area contributed by atoms with Gasteiger partial charge in [0.2, 0.25) is 0 Å². The number of halogens is 1. The molecule has 0 fully saturated rings. The summed E-state index contributed by atoms with van der Waals surface area (Å²) in [5.41, 5.74) is 0.685. The lowest BCUT2D eigenvalue weighted by Crippen LogP contribution is -2.23. The van der Waals surface area contributed by atoms with E-state index in [-0.39, 0.29) is 29.4 Å². The maximum Gasteiger partial charge on any atom is 0.308 e. The molecule has 0 saturated heterocycles. The zero-order chi connectivity index (χ0) is 20.1. The Morgan fingerprint density at radius 1 is 1.14 bits per heavy atom. The molecule has 0 atom stereocenters. The molecule has 3 rings (SSSR count). The van der Waals surface area contributed by atoms with Gasteiger partial charge in [-0.1, -0.05) is 18.2 Å². The van der Waals surface area contributed by atoms with Gasteiger partial charge in [0.25, 0.3) is 15.9 Å². The molecule has 0 bridgehead atoms. The summed E-state index contributed by atoms with van der Waals surface area (Å²) in [4.78, 5) is 27.7. The van der Waals surface area contributed by atoms with Crippen molar-refractivity contribution in [2.75, 3.05) is 18.5 Å². The molecule has 2 N–H and O–H groups in total. The van der Waals surface area contributed by atoms with Crippen molar-refractivity contribution in [2.24, 2.45) is 4.99 Å². The molecule has 0 aromatic heterocycles. The van der Waals surface area contributed by atoms with Gasteiger partial charge in [-0.25, -0.2) is 12.8 Å². The molecule has 0 aliphatic carbocycles. The van der Waals surface area contributed by atoms with Gasteiger partial charge < -0.3 is 10.1 Å². The largest absolute Gasteiger partial charge is 0.456 e. The van der Waals surface area contributed by atoms with Gasteiger partial charge in [0.15, 0.2) is 6.61 Å². The average Bonchev–Trinajstić information content (AvgIpc) is 2.91. The molecule has 0 radical (unpaired) electrons. The smallest absolute Gasteiger partial charge is 0.308 e. The van der Waals surface area contributed by atoms with E-state index in [0.29, 0.717) is 5.56 Å². The first-order valence-corrected chi connectivity index (χ1v) is 9.71. The number of carbonyl (C=O) groups excluding carboxylic acids is 2. The minimum absolute atomic E-state index is 0.0173. The number of amides is 1. The van der Waals surface area contributed by atoms with Crippen molar-refractivity contribution in [3.63, 3.8) is 0 Å². The fourth-order valence-corrected chi connectivity index (χ4v) is 3.74. The van der Waals surface area contributed by atoms with Crippen molar-refractivity contribution in [2.45, 2.75) is 11.3 Å². The number of aliphatic imine (C=N–C) groups is 1. The van der Waals surface area contributed by atoms with Crippen molar-refractivity contribution in [3.05, 3.63) is 59.9 Å². The molecule has 1 aliphatic heterocycles. The molecule has 2 aromatic carbocycles. The van der Waals surface area contributed by atoms with Gasteiger partial charge in [-0.15, -0.1) is 0 Å². The Morgan fingerprint density at radius 2 is 1.93 bits per heavy atom. The SMILES string of the molecule is O=C(COC(=O)CCN=C1NS(=O)(=O)c2ccccc21)Nc1cccc(F)c1. The zero-order valence-electron chi connectivity index (χ0n) is 14.5. The third-order valence-electron chi connectivity index (χ3n) is 3.72. The predicted octanol–water partition coefficient (Wildman–Crippen LogP) is 1.44. The molecule has 1 heterocycles. The van der Waals surface area contributed by atoms with Gasteiger partial charge >= 0.3 is 5.97 Å². The minimum Gasteiger partial charge on any atom is -0.456 e. The Bertz CT molecular complexity index is 1050. The summed E-state index contributed by atoms with van der Waals surface area (Å²) >= 11 is 0. The molecule has 0 unspecified atom stereocenters. The van der Waals surface area contributed by atoms with Crippen LogP contribution in [0.4, 0.5) is 10.1 Å². The highest BCUT2D eigenvalue weighted by Crippen LogP contribution is 2.22. The van der Waals surface area contributed by atoms with Crippen LogP contribution in [0.2, 0.25) is 0 Å². The van der Waals surface area contributed by atoms with Crippen LogP contribution in [-0.4, -0.2) is 39.3 Å². The number of hydrogen-bond acceptors (Lipinski definition) is 6. The van der Waals surface area contributed by atoms with Crippen molar-refractivity contribution in [3.8, 4) is 0 Å². The van der Waals surface area contributed by atoms with Gasteiger partial charge in [-0.2, -0.15) is 0 Å². The van der Waals surface area contributed by atoms with Crippen LogP contribution < -0.4 is 10.0 Å². The van der Waals surface area contributed by atoms with Crippen LogP contribution in [0.15, 0.2) is 58.4 Å². The Labute approximate surface area is 160 Å². The van der Waals surface area contributed by atoms with Crippen LogP contribution >= 0.6 is 0 Å². The number of fused-ring (bicyclic) bond motifs is 1. The molecule has 0 spiro atoms. The predicted molar refractivity (Wildman–Crippen MR) is 98.8 cm³/mol. The number of anilines is 1. The monoisotopic (exact) mass is 405 g/mol. The van der Waals surface area contributed by atoms with E-state index in [2.05, 4.69) is 15.0 Å². The summed E-state index contributed by atoms with van der Waals surface area (Å²) < 4.78 is 44.1. The highest BCUT2D eigenvalue weighted by Gasteiger charge is 2.29. The maximum absolute atomic E-state index is 13.0. The number of esters is 1. The van der Waals surface area contributed by atoms with Gasteiger partial charge in [-0.05, 0) is 30.3 Å². The van der Waals surface area contributed by atoms with Crippen LogP contribution in [0, 0.1) is 5.82 Å². The Morgan fingerprint density at radius 3 is 2.71 bits per heavy atom. The Balaban J connectivity index is 1.47. The van der Waals surface area contributed by atoms with Crippen molar-refractivity contribution >= 4 is 33.4 Å². The van der Waals surface area contributed by atoms with Crippen molar-refractivity contribution in [1.29, 1.82) is 0 Å². The van der Waals surface area contributed by atoms with Crippen LogP contribution in [0.1, 0.15) is 12.0 Å². The fourth-order valence-electron chi connectivity index (χ4n) is 2.49. The van der Waals surface area contributed by atoms with Gasteiger partial charge in [0.05, 0.1) is 17.9 Å². The molecule has 0 saturated carbocycles. The highest BCUT2D eigenvalue weighted by atomic mass is 32.2. The van der Waals surface area contributed by atoms with Gasteiger partial charge in [0.1, 0.15) is 11.7 Å². The van der Waals surface area contributed by atoms with Crippen LogP contribution in [0.25, 0.3) is 0 Å². The second-order valence-electron chi connectivity index (χ2n) is 5.80. The molecule has 8 nitrogen and oxygen atoms in total. The number of nitrogens with zero attached hydrogens (tertiary/aromatic N) is 1. The van der Waals surface area contributed by atoms with E-state index < -0.39 is 34.3 Å². The highest BCUT2D eigenvalue weighted by molar-refractivity contribution is 7.90. The molecule has 2 aromatic rings. The number of amidine groups is 1. The van der Waals surface area contributed by atoms with E-state index >= 15 is 0 Å². The zero-order valence-corrected chi connectivity index (χ0v) is 15.3. The molecule has 146 valence electrons. The summed E-state index contributed by atoms with van der Waals surface area (Å²) in [5.74, 6) is -1.62. The number of rotatable bonds is 6. The number of nitrogens with one attached hydrogen (secondary N) is 2. The topological polar surface area (TPSA) is 114 Å². The van der Waals surface area contributed by atoms with E-state index in [1.807, 2.05) is 0 Å². The lowest BCUT2D eigenvalue weighted by Gasteiger charge is -2.06. The van der Waals surface area contributed by atoms with Gasteiger partial charge in [-0.3, -0.25) is 19.3 Å². The number of hydrogen-bond donors (Lipinski definition) is 2. The van der Waals surface area contributed by atoms with Crippen LogP contribution in [0.3, 0.4) is 0 Å². The molecular weight excluding hydrogens is 389 g/mol. The molecular formula is C18H16FN3O5S. The number of carbonyl (C=O) groups is 2. The summed E-state index contributed by atoms with van der Waals surface area (Å²) in [6, 6.07) is 11.7. The van der Waals surface area contributed by atoms with E-state index in [1.165, 1.54) is 24.3 Å². The minimum atomic E-state index is -3.64. The number of sulfonamides is 1. The van der Waals surface area contributed by atoms with Crippen molar-refractivity contribution in [1.82, 2.24) is 4.72 Å². The van der Waals surface area contributed by atoms with Crippen molar-refractivity contribution < 1.29 is 27.1 Å². The first kappa shape index (κ1) is 19.5. The number of benzene rings is 2. The van der Waals surface area contributed by atoms with Gasteiger partial charge in [0, 0.05) is 11.3 Å². The molecule has 1 aliphatic rings. The Kier molecular flexibility index (Phi) is 5.69. The third-order valence-corrected chi connectivity index (χ3v) is 5.12. The molecule has 28 heavy (non-hydrogen) atoms. The quantitative estimate of drug-likeness (QED) is 0.706. The van der Waals surface area contributed by atoms with E-state index in [4.69, 9.17) is 4.74 Å². The summed E-state index contributed by atoms with van der Waals surface area (Å²) in [6.45, 7) is -0.544. The summed E-state index contributed by atoms with van der Waals surface area (Å²) in [7, 11) is -3.64. The second-order valence-corrected chi connectivity index (χ2v) is 7.45. The summed E-state index contributed by atoms with van der Waals surface area (Å²) in [6.07, 6.45) is -0.138. The van der Waals surface area contributed by atoms with E-state index in [1.54, 1.807) is 18.2 Å². The molecule has 1 amide bonds. The number of ether oxygens (including phenoxy) is 1. The lowest BCUT2D eigenvalue weighted by molar-refractivity contribution is -0.147. The lowest BCUT2D eigenvalue weighted by atomic mass is 10.2. The average molecular weight is 405 g/mol. The second kappa shape index (κ2) is 8.17. The van der Waals surface area contributed by atoms with Crippen LogP contribution in [0.5, 0.6) is 0 Å². The van der Waals surface area contributed by atoms with E-state index in [9.17, 15) is 22.4 Å². The van der Waals surface area contributed by atoms with Crippen LogP contribution in [-0.2, 0) is 24.3 Å². The summed E-state index contributed by atoms with van der Waals surface area (Å²) in [5, 5.41) is 2.40. The fraction of sp³-hybridized carbons (Fsp3) is 0.167. The standard InChI is InChI=1S/C18H16FN3O5S/c19-12-4-3-5-13(10-12)21-16(23)11-27-17(24)8-9-20-18-14-6-1-2-7-15(14)28(25,26)22-18/h1-7,10H,8-9,11H2,(H,20,22)(H,21,23).